The number of hydrogen-bond acceptors (Lipinski definition) is 5. The monoisotopic (exact) mass is 327 g/mol. The highest BCUT2D eigenvalue weighted by Gasteiger charge is 2.18. The van der Waals surface area contributed by atoms with Crippen LogP contribution in [0.15, 0.2) is 36.0 Å². The number of amides is 1. The van der Waals surface area contributed by atoms with Gasteiger partial charge in [-0.25, -0.2) is 14.6 Å². The van der Waals surface area contributed by atoms with E-state index in [4.69, 9.17) is 0 Å². The van der Waals surface area contributed by atoms with Crippen molar-refractivity contribution < 1.29 is 4.79 Å². The average Bonchev–Trinajstić information content (AvgIpc) is 3.14. The van der Waals surface area contributed by atoms with Gasteiger partial charge in [0.25, 0.3) is 5.91 Å². The van der Waals surface area contributed by atoms with Crippen LogP contribution < -0.4 is 5.32 Å². The normalized spacial score (nSPS) is 12.1. The lowest BCUT2D eigenvalue weighted by Gasteiger charge is -2.11. The maximum Gasteiger partial charge on any atom is 0.255 e. The molecule has 0 aliphatic heterocycles. The van der Waals surface area contributed by atoms with Gasteiger partial charge in [-0.1, -0.05) is 6.07 Å². The highest BCUT2D eigenvalue weighted by atomic mass is 32.1. The summed E-state index contributed by atoms with van der Waals surface area (Å²) in [5.74, 6) is 0.523. The van der Waals surface area contributed by atoms with E-state index in [1.165, 1.54) is 0 Å². The zero-order valence-corrected chi connectivity index (χ0v) is 14.0. The topological polar surface area (TPSA) is 72.7 Å². The molecular weight excluding hydrogens is 310 g/mol. The van der Waals surface area contributed by atoms with Gasteiger partial charge in [0.2, 0.25) is 0 Å². The number of nitrogens with zero attached hydrogens (tertiary/aromatic N) is 4. The molecule has 1 amide bonds. The number of aromatic nitrogens is 4. The Labute approximate surface area is 138 Å². The fourth-order valence-corrected chi connectivity index (χ4v) is 2.98. The number of thiazole rings is 1. The molecule has 6 nitrogen and oxygen atoms in total. The van der Waals surface area contributed by atoms with Gasteiger partial charge in [-0.2, -0.15) is 5.10 Å². The largest absolute Gasteiger partial charge is 0.344 e. The van der Waals surface area contributed by atoms with E-state index in [0.717, 1.165) is 16.4 Å². The SMILES string of the molecule is Cc1nc(C(C)NC(=O)c2cnn(-c3ccccn3)c2C)cs1. The molecule has 3 aromatic rings. The molecule has 0 aliphatic carbocycles. The second-order valence-electron chi connectivity index (χ2n) is 5.23. The molecule has 0 saturated heterocycles. The Kier molecular flexibility index (Phi) is 4.20. The Morgan fingerprint density at radius 3 is 2.83 bits per heavy atom. The third kappa shape index (κ3) is 3.14. The van der Waals surface area contributed by atoms with Crippen LogP contribution in [0, 0.1) is 13.8 Å². The molecule has 0 aliphatic rings. The molecule has 0 spiro atoms. The van der Waals surface area contributed by atoms with E-state index in [0.29, 0.717) is 11.4 Å². The van der Waals surface area contributed by atoms with Gasteiger partial charge in [-0.3, -0.25) is 4.79 Å². The Hall–Kier alpha value is -2.54. The highest BCUT2D eigenvalue weighted by Crippen LogP contribution is 2.17. The Bertz CT molecular complexity index is 824. The number of nitrogens with one attached hydrogen (secondary N) is 1. The van der Waals surface area contributed by atoms with Crippen LogP contribution in [0.1, 0.15) is 39.7 Å². The molecule has 3 aromatic heterocycles. The lowest BCUT2D eigenvalue weighted by molar-refractivity contribution is 0.0938. The van der Waals surface area contributed by atoms with Crippen molar-refractivity contribution in [2.75, 3.05) is 0 Å². The molecule has 7 heteroatoms. The van der Waals surface area contributed by atoms with Crippen molar-refractivity contribution >= 4 is 17.2 Å². The summed E-state index contributed by atoms with van der Waals surface area (Å²) < 4.78 is 1.66. The third-order valence-electron chi connectivity index (χ3n) is 3.55. The lowest BCUT2D eigenvalue weighted by Crippen LogP contribution is -2.27. The molecular formula is C16H17N5OS. The van der Waals surface area contributed by atoms with Gasteiger partial charge >= 0.3 is 0 Å². The number of pyridine rings is 1. The van der Waals surface area contributed by atoms with Crippen LogP contribution in [0.2, 0.25) is 0 Å². The summed E-state index contributed by atoms with van der Waals surface area (Å²) in [7, 11) is 0. The number of aryl methyl sites for hydroxylation is 1. The summed E-state index contributed by atoms with van der Waals surface area (Å²) in [4.78, 5) is 21.2. The fourth-order valence-electron chi connectivity index (χ4n) is 2.27. The van der Waals surface area contributed by atoms with E-state index >= 15 is 0 Å². The molecule has 3 rings (SSSR count). The molecule has 0 bridgehead atoms. The predicted molar refractivity (Wildman–Crippen MR) is 88.8 cm³/mol. The first-order chi connectivity index (χ1) is 11.1. The van der Waals surface area contributed by atoms with Crippen molar-refractivity contribution in [3.8, 4) is 5.82 Å². The van der Waals surface area contributed by atoms with Crippen molar-refractivity contribution in [1.82, 2.24) is 25.1 Å². The summed E-state index contributed by atoms with van der Waals surface area (Å²) >= 11 is 1.57. The van der Waals surface area contributed by atoms with Gasteiger partial charge in [-0.05, 0) is 32.9 Å². The first-order valence-corrected chi connectivity index (χ1v) is 8.13. The molecule has 23 heavy (non-hydrogen) atoms. The minimum atomic E-state index is -0.164. The number of hydrogen-bond donors (Lipinski definition) is 1. The zero-order valence-electron chi connectivity index (χ0n) is 13.1. The number of carbonyl (C=O) groups is 1. The van der Waals surface area contributed by atoms with Gasteiger partial charge in [0.05, 0.1) is 34.2 Å². The van der Waals surface area contributed by atoms with Crippen LogP contribution in [0.4, 0.5) is 0 Å². The summed E-state index contributed by atoms with van der Waals surface area (Å²) in [5.41, 5.74) is 2.16. The summed E-state index contributed by atoms with van der Waals surface area (Å²) in [5, 5.41) is 10.2. The number of rotatable bonds is 4. The van der Waals surface area contributed by atoms with Gasteiger partial charge in [0.1, 0.15) is 0 Å². The Balaban J connectivity index is 1.79. The molecule has 3 heterocycles. The highest BCUT2D eigenvalue weighted by molar-refractivity contribution is 7.09. The second kappa shape index (κ2) is 6.29. The van der Waals surface area contributed by atoms with Crippen molar-refractivity contribution in [2.24, 2.45) is 0 Å². The molecule has 0 radical (unpaired) electrons. The van der Waals surface area contributed by atoms with Crippen molar-refractivity contribution in [3.05, 3.63) is 57.9 Å². The molecule has 1 atom stereocenters. The first kappa shape index (κ1) is 15.4. The van der Waals surface area contributed by atoms with Crippen LogP contribution in [0.3, 0.4) is 0 Å². The fraction of sp³-hybridized carbons (Fsp3) is 0.250. The first-order valence-electron chi connectivity index (χ1n) is 7.25. The van der Waals surface area contributed by atoms with Gasteiger partial charge in [0, 0.05) is 11.6 Å². The van der Waals surface area contributed by atoms with E-state index in [1.807, 2.05) is 44.4 Å². The molecule has 1 unspecified atom stereocenters. The molecule has 0 fully saturated rings. The summed E-state index contributed by atoms with van der Waals surface area (Å²) in [6, 6.07) is 5.43. The van der Waals surface area contributed by atoms with Crippen LogP contribution in [0.25, 0.3) is 5.82 Å². The van der Waals surface area contributed by atoms with Gasteiger partial charge in [-0.15, -0.1) is 11.3 Å². The molecule has 0 aromatic carbocycles. The predicted octanol–water partition coefficient (Wildman–Crippen LogP) is 2.83. The van der Waals surface area contributed by atoms with Crippen molar-refractivity contribution in [2.45, 2.75) is 26.8 Å². The second-order valence-corrected chi connectivity index (χ2v) is 6.29. The van der Waals surface area contributed by atoms with E-state index in [9.17, 15) is 4.79 Å². The minimum absolute atomic E-state index is 0.148. The van der Waals surface area contributed by atoms with Crippen LogP contribution in [0.5, 0.6) is 0 Å². The third-order valence-corrected chi connectivity index (χ3v) is 4.34. The van der Waals surface area contributed by atoms with Crippen LogP contribution >= 0.6 is 11.3 Å². The molecule has 0 saturated carbocycles. The summed E-state index contributed by atoms with van der Waals surface area (Å²) in [6.45, 7) is 5.73. The van der Waals surface area contributed by atoms with E-state index < -0.39 is 0 Å². The minimum Gasteiger partial charge on any atom is -0.344 e. The zero-order chi connectivity index (χ0) is 16.4. The maximum atomic E-state index is 12.5. The van der Waals surface area contributed by atoms with Gasteiger partial charge in [0.15, 0.2) is 5.82 Å². The molecule has 1 N–H and O–H groups in total. The summed E-state index contributed by atoms with van der Waals surface area (Å²) in [6.07, 6.45) is 3.27. The van der Waals surface area contributed by atoms with Gasteiger partial charge < -0.3 is 5.32 Å². The van der Waals surface area contributed by atoms with Crippen LogP contribution in [-0.4, -0.2) is 25.7 Å². The lowest BCUT2D eigenvalue weighted by atomic mass is 10.2. The quantitative estimate of drug-likeness (QED) is 0.800. The van der Waals surface area contributed by atoms with Crippen LogP contribution in [-0.2, 0) is 0 Å². The van der Waals surface area contributed by atoms with E-state index in [1.54, 1.807) is 28.4 Å². The van der Waals surface area contributed by atoms with E-state index in [2.05, 4.69) is 20.4 Å². The smallest absolute Gasteiger partial charge is 0.255 e. The van der Waals surface area contributed by atoms with Crippen molar-refractivity contribution in [1.29, 1.82) is 0 Å². The van der Waals surface area contributed by atoms with E-state index in [-0.39, 0.29) is 11.9 Å². The molecule has 118 valence electrons. The Morgan fingerprint density at radius 2 is 2.17 bits per heavy atom. The Morgan fingerprint density at radius 1 is 1.35 bits per heavy atom. The number of carbonyl (C=O) groups excluding carboxylic acids is 1. The maximum absolute atomic E-state index is 12.5. The average molecular weight is 327 g/mol. The van der Waals surface area contributed by atoms with Crippen molar-refractivity contribution in [3.63, 3.8) is 0 Å². The standard InChI is InChI=1S/C16H17N5OS/c1-10(14-9-23-12(3)20-14)19-16(22)13-8-18-21(11(13)2)15-6-4-5-7-17-15/h4-10H,1-3H3,(H,19,22).